The van der Waals surface area contributed by atoms with Gasteiger partial charge in [-0.25, -0.2) is 0 Å². The van der Waals surface area contributed by atoms with Crippen LogP contribution in [0, 0.1) is 5.92 Å². The summed E-state index contributed by atoms with van der Waals surface area (Å²) in [7, 11) is 0. The van der Waals surface area contributed by atoms with Gasteiger partial charge in [-0.1, -0.05) is 35.3 Å². The monoisotopic (exact) mass is 326 g/mol. The van der Waals surface area contributed by atoms with Gasteiger partial charge in [-0.15, -0.1) is 0 Å². The standard InChI is InChI=1S/C16H20Cl2N2O/c1-9-7-10(19)5-6-20(9)16(21)13-8-12(13)11-3-2-4-14(17)15(11)18/h2-4,9-10,12-13H,5-8,19H2,1H3/t9-,10-,12+,13+/m1/s1. The van der Waals surface area contributed by atoms with E-state index in [0.29, 0.717) is 10.0 Å². The van der Waals surface area contributed by atoms with Crippen molar-refractivity contribution in [1.82, 2.24) is 4.90 Å². The van der Waals surface area contributed by atoms with Crippen molar-refractivity contribution in [3.63, 3.8) is 0 Å². The van der Waals surface area contributed by atoms with Gasteiger partial charge >= 0.3 is 0 Å². The van der Waals surface area contributed by atoms with Crippen molar-refractivity contribution >= 4 is 29.1 Å². The van der Waals surface area contributed by atoms with Crippen LogP contribution in [0.3, 0.4) is 0 Å². The fourth-order valence-corrected chi connectivity index (χ4v) is 3.82. The van der Waals surface area contributed by atoms with Crippen molar-refractivity contribution in [3.05, 3.63) is 33.8 Å². The number of halogens is 2. The van der Waals surface area contributed by atoms with E-state index in [-0.39, 0.29) is 29.8 Å². The number of nitrogens with two attached hydrogens (primary N) is 1. The largest absolute Gasteiger partial charge is 0.340 e. The maximum atomic E-state index is 12.7. The molecule has 1 aromatic rings. The van der Waals surface area contributed by atoms with E-state index in [1.54, 1.807) is 6.07 Å². The van der Waals surface area contributed by atoms with Gasteiger partial charge in [0, 0.05) is 24.5 Å². The minimum absolute atomic E-state index is 0.0535. The predicted molar refractivity (Wildman–Crippen MR) is 85.7 cm³/mol. The molecule has 2 aliphatic rings. The van der Waals surface area contributed by atoms with Crippen LogP contribution in [0.15, 0.2) is 18.2 Å². The van der Waals surface area contributed by atoms with Crippen LogP contribution < -0.4 is 5.73 Å². The van der Waals surface area contributed by atoms with Gasteiger partial charge < -0.3 is 10.6 Å². The smallest absolute Gasteiger partial charge is 0.226 e. The van der Waals surface area contributed by atoms with Crippen molar-refractivity contribution in [2.24, 2.45) is 11.7 Å². The van der Waals surface area contributed by atoms with Crippen molar-refractivity contribution in [3.8, 4) is 0 Å². The van der Waals surface area contributed by atoms with Crippen LogP contribution in [0.5, 0.6) is 0 Å². The summed E-state index contributed by atoms with van der Waals surface area (Å²) in [6.07, 6.45) is 2.65. The molecule has 2 N–H and O–H groups in total. The van der Waals surface area contributed by atoms with Gasteiger partial charge in [-0.05, 0) is 43.7 Å². The lowest BCUT2D eigenvalue weighted by Gasteiger charge is -2.36. The van der Waals surface area contributed by atoms with E-state index in [4.69, 9.17) is 28.9 Å². The Morgan fingerprint density at radius 1 is 1.33 bits per heavy atom. The van der Waals surface area contributed by atoms with Crippen molar-refractivity contribution in [1.29, 1.82) is 0 Å². The Morgan fingerprint density at radius 2 is 2.10 bits per heavy atom. The molecule has 0 aromatic heterocycles. The molecule has 0 spiro atoms. The van der Waals surface area contributed by atoms with Gasteiger partial charge in [0.1, 0.15) is 0 Å². The quantitative estimate of drug-likeness (QED) is 0.904. The Balaban J connectivity index is 1.70. The van der Waals surface area contributed by atoms with Crippen molar-refractivity contribution in [2.75, 3.05) is 6.54 Å². The maximum absolute atomic E-state index is 12.7. The Bertz CT molecular complexity index is 563. The lowest BCUT2D eigenvalue weighted by atomic mass is 9.98. The number of carbonyl (C=O) groups excluding carboxylic acids is 1. The summed E-state index contributed by atoms with van der Waals surface area (Å²) >= 11 is 12.3. The second-order valence-corrected chi connectivity index (χ2v) is 7.04. The summed E-state index contributed by atoms with van der Waals surface area (Å²) in [5, 5.41) is 1.15. The molecule has 114 valence electrons. The van der Waals surface area contributed by atoms with E-state index >= 15 is 0 Å². The number of piperidine rings is 1. The van der Waals surface area contributed by atoms with Crippen molar-refractivity contribution in [2.45, 2.75) is 44.2 Å². The van der Waals surface area contributed by atoms with Gasteiger partial charge in [0.2, 0.25) is 5.91 Å². The number of carbonyl (C=O) groups is 1. The number of amides is 1. The molecule has 0 unspecified atom stereocenters. The first-order valence-corrected chi connectivity index (χ1v) is 8.24. The summed E-state index contributed by atoms with van der Waals surface area (Å²) in [4.78, 5) is 14.7. The minimum Gasteiger partial charge on any atom is -0.340 e. The van der Waals surface area contributed by atoms with E-state index in [0.717, 1.165) is 31.4 Å². The fourth-order valence-electron chi connectivity index (χ4n) is 3.37. The van der Waals surface area contributed by atoms with Crippen molar-refractivity contribution < 1.29 is 4.79 Å². The molecular formula is C16H20Cl2N2O. The highest BCUT2D eigenvalue weighted by Gasteiger charge is 2.47. The molecule has 2 fully saturated rings. The second kappa shape index (κ2) is 5.79. The molecule has 1 saturated carbocycles. The lowest BCUT2D eigenvalue weighted by Crippen LogP contribution is -2.49. The van der Waals surface area contributed by atoms with Gasteiger partial charge in [0.15, 0.2) is 0 Å². The number of rotatable bonds is 2. The zero-order valence-corrected chi connectivity index (χ0v) is 13.6. The van der Waals surface area contributed by atoms with Gasteiger partial charge in [0.25, 0.3) is 0 Å². The van der Waals surface area contributed by atoms with E-state index < -0.39 is 0 Å². The topological polar surface area (TPSA) is 46.3 Å². The molecule has 1 aliphatic heterocycles. The van der Waals surface area contributed by atoms with E-state index in [1.807, 2.05) is 17.0 Å². The fraction of sp³-hybridized carbons (Fsp3) is 0.562. The average molecular weight is 327 g/mol. The molecular weight excluding hydrogens is 307 g/mol. The van der Waals surface area contributed by atoms with Crippen LogP contribution in [0.1, 0.15) is 37.7 Å². The molecule has 4 atom stereocenters. The third-order valence-electron chi connectivity index (χ3n) is 4.69. The Hall–Kier alpha value is -0.770. The Morgan fingerprint density at radius 3 is 2.81 bits per heavy atom. The van der Waals surface area contributed by atoms with Crippen LogP contribution in [-0.4, -0.2) is 29.4 Å². The number of hydrogen-bond donors (Lipinski definition) is 1. The van der Waals surface area contributed by atoms with E-state index in [1.165, 1.54) is 0 Å². The van der Waals surface area contributed by atoms with Crippen LogP contribution >= 0.6 is 23.2 Å². The van der Waals surface area contributed by atoms with Gasteiger partial charge in [-0.2, -0.15) is 0 Å². The summed E-state index contributed by atoms with van der Waals surface area (Å²) in [5.74, 6) is 0.514. The van der Waals surface area contributed by atoms with E-state index in [2.05, 4.69) is 6.92 Å². The molecule has 5 heteroatoms. The highest BCUT2D eigenvalue weighted by molar-refractivity contribution is 6.42. The molecule has 0 bridgehead atoms. The summed E-state index contributed by atoms with van der Waals surface area (Å²) in [6.45, 7) is 2.86. The normalized spacial score (nSPS) is 32.1. The van der Waals surface area contributed by atoms with Gasteiger partial charge in [-0.3, -0.25) is 4.79 Å². The molecule has 21 heavy (non-hydrogen) atoms. The number of nitrogens with zero attached hydrogens (tertiary/aromatic N) is 1. The molecule has 3 nitrogen and oxygen atoms in total. The van der Waals surface area contributed by atoms with Crippen LogP contribution in [0.4, 0.5) is 0 Å². The molecule has 1 saturated heterocycles. The van der Waals surface area contributed by atoms with Crippen LogP contribution in [-0.2, 0) is 4.79 Å². The molecule has 0 radical (unpaired) electrons. The van der Waals surface area contributed by atoms with Crippen LogP contribution in [0.25, 0.3) is 0 Å². The minimum atomic E-state index is 0.0535. The molecule has 3 rings (SSSR count). The molecule has 1 aliphatic carbocycles. The predicted octanol–water partition coefficient (Wildman–Crippen LogP) is 3.44. The molecule has 1 aromatic carbocycles. The third-order valence-corrected chi connectivity index (χ3v) is 5.52. The maximum Gasteiger partial charge on any atom is 0.226 e. The zero-order chi connectivity index (χ0) is 15.1. The summed E-state index contributed by atoms with van der Waals surface area (Å²) in [5.41, 5.74) is 6.97. The Labute approximate surface area is 135 Å². The number of benzene rings is 1. The lowest BCUT2D eigenvalue weighted by molar-refractivity contribution is -0.136. The summed E-state index contributed by atoms with van der Waals surface area (Å²) in [6, 6.07) is 6.10. The third kappa shape index (κ3) is 2.92. The zero-order valence-electron chi connectivity index (χ0n) is 12.1. The molecule has 1 amide bonds. The Kier molecular flexibility index (Phi) is 4.17. The number of likely N-dealkylation sites (tertiary alicyclic amines) is 1. The highest BCUT2D eigenvalue weighted by atomic mass is 35.5. The average Bonchev–Trinajstić information content (AvgIpc) is 3.21. The summed E-state index contributed by atoms with van der Waals surface area (Å²) < 4.78 is 0. The first-order valence-electron chi connectivity index (χ1n) is 7.49. The first kappa shape index (κ1) is 15.1. The first-order chi connectivity index (χ1) is 9.99. The second-order valence-electron chi connectivity index (χ2n) is 6.26. The molecule has 1 heterocycles. The van der Waals surface area contributed by atoms with Gasteiger partial charge in [0.05, 0.1) is 10.0 Å². The SMILES string of the molecule is C[C@@H]1C[C@H](N)CCN1C(=O)[C@H]1C[C@H]1c1cccc(Cl)c1Cl. The number of hydrogen-bond acceptors (Lipinski definition) is 2. The van der Waals surface area contributed by atoms with E-state index in [9.17, 15) is 4.79 Å². The van der Waals surface area contributed by atoms with Crippen LogP contribution in [0.2, 0.25) is 10.0 Å². The highest BCUT2D eigenvalue weighted by Crippen LogP contribution is 2.51.